The summed E-state index contributed by atoms with van der Waals surface area (Å²) in [6.45, 7) is 17.5. The molecule has 0 spiro atoms. The lowest BCUT2D eigenvalue weighted by Gasteiger charge is -2.36. The Morgan fingerprint density at radius 2 is 1.64 bits per heavy atom. The van der Waals surface area contributed by atoms with Crippen LogP contribution >= 0.6 is 12.4 Å². The summed E-state index contributed by atoms with van der Waals surface area (Å²) in [7, 11) is 0. The Balaban J connectivity index is 0.00000361. The summed E-state index contributed by atoms with van der Waals surface area (Å²) in [5, 5.41) is 0. The van der Waals surface area contributed by atoms with Crippen molar-refractivity contribution in [1.82, 2.24) is 9.47 Å². The molecule has 0 bridgehead atoms. The molecule has 6 heteroatoms. The average Bonchev–Trinajstić information content (AvgIpc) is 3.23. The van der Waals surface area contributed by atoms with E-state index >= 15 is 0 Å². The third kappa shape index (κ3) is 6.37. The van der Waals surface area contributed by atoms with Crippen molar-refractivity contribution in [2.24, 2.45) is 0 Å². The number of ketones is 1. The van der Waals surface area contributed by atoms with Crippen LogP contribution in [0.1, 0.15) is 48.7 Å². The molecule has 0 aliphatic carbocycles. The molecule has 190 valence electrons. The number of Topliss-reactive ketones (excluding diaryl/α,β-unsaturated/α-hetero) is 1. The van der Waals surface area contributed by atoms with Crippen molar-refractivity contribution in [3.63, 3.8) is 0 Å². The van der Waals surface area contributed by atoms with E-state index in [9.17, 15) is 4.79 Å². The Morgan fingerprint density at radius 1 is 0.944 bits per heavy atom. The first-order valence-corrected chi connectivity index (χ1v) is 12.8. The van der Waals surface area contributed by atoms with Crippen LogP contribution in [0, 0.1) is 13.5 Å². The molecule has 0 atom stereocenters. The highest BCUT2D eigenvalue weighted by Gasteiger charge is 2.20. The van der Waals surface area contributed by atoms with Gasteiger partial charge in [-0.25, -0.2) is 4.85 Å². The predicted octanol–water partition coefficient (Wildman–Crippen LogP) is 7.02. The summed E-state index contributed by atoms with van der Waals surface area (Å²) in [4.78, 5) is 21.6. The van der Waals surface area contributed by atoms with E-state index < -0.39 is 0 Å². The van der Waals surface area contributed by atoms with Gasteiger partial charge in [0.1, 0.15) is 0 Å². The van der Waals surface area contributed by atoms with Gasteiger partial charge >= 0.3 is 0 Å². The zero-order valence-electron chi connectivity index (χ0n) is 21.4. The van der Waals surface area contributed by atoms with Gasteiger partial charge in [-0.1, -0.05) is 55.5 Å². The van der Waals surface area contributed by atoms with Gasteiger partial charge in [0.15, 0.2) is 5.78 Å². The van der Waals surface area contributed by atoms with E-state index in [1.54, 1.807) is 0 Å². The van der Waals surface area contributed by atoms with Gasteiger partial charge in [-0.15, -0.1) is 12.4 Å². The number of hydrogen-bond donors (Lipinski definition) is 0. The van der Waals surface area contributed by atoms with Crippen molar-refractivity contribution < 1.29 is 4.79 Å². The normalized spacial score (nSPS) is 13.8. The first-order chi connectivity index (χ1) is 17.1. The number of aromatic nitrogens is 1. The number of carbonyl (C=O) groups excluding carboxylic acids is 1. The molecular formula is C30H37ClN4O. The van der Waals surface area contributed by atoms with Crippen molar-refractivity contribution in [2.75, 3.05) is 37.6 Å². The number of para-hydroxylation sites is 2. The molecule has 1 aromatic heterocycles. The molecule has 0 saturated carbocycles. The van der Waals surface area contributed by atoms with Crippen LogP contribution in [0.4, 0.5) is 11.4 Å². The standard InChI is InChI=1S/C30H36N4O.ClH/c1-4-17-34-24(2)26(23-29(34)25-12-6-5-7-13-25)30(35)16-10-11-18-32-19-21-33(22-20-32)28-15-9-8-14-27(28)31-3;/h5-9,12-15,23H,4,10-11,16-22H2,1-2H3;1H. The Hall–Kier alpha value is -3.07. The molecular weight excluding hydrogens is 468 g/mol. The van der Waals surface area contributed by atoms with Gasteiger partial charge in [0, 0.05) is 61.8 Å². The molecule has 4 rings (SSSR count). The molecule has 0 N–H and O–H groups in total. The Morgan fingerprint density at radius 3 is 2.33 bits per heavy atom. The van der Waals surface area contributed by atoms with E-state index in [1.807, 2.05) is 30.3 Å². The fourth-order valence-corrected chi connectivity index (χ4v) is 5.08. The van der Waals surface area contributed by atoms with Crippen LogP contribution in [-0.4, -0.2) is 48.0 Å². The molecule has 0 unspecified atom stereocenters. The molecule has 0 amide bonds. The minimum absolute atomic E-state index is 0. The maximum absolute atomic E-state index is 13.1. The lowest BCUT2D eigenvalue weighted by atomic mass is 10.0. The van der Waals surface area contributed by atoms with Crippen LogP contribution < -0.4 is 4.90 Å². The van der Waals surface area contributed by atoms with Gasteiger partial charge in [0.25, 0.3) is 0 Å². The molecule has 2 aromatic carbocycles. The van der Waals surface area contributed by atoms with Crippen molar-refractivity contribution >= 4 is 29.6 Å². The largest absolute Gasteiger partial charge is 0.378 e. The number of rotatable bonds is 10. The SMILES string of the molecule is Cl.[C-]#[N+]c1ccccc1N1CCN(CCCCC(=O)c2cc(-c3ccccc3)n(CCC)c2C)CC1. The number of anilines is 1. The van der Waals surface area contributed by atoms with Gasteiger partial charge in [0.2, 0.25) is 5.69 Å². The van der Waals surface area contributed by atoms with E-state index in [-0.39, 0.29) is 18.2 Å². The maximum Gasteiger partial charge on any atom is 0.209 e. The number of benzene rings is 2. The Bertz CT molecular complexity index is 1170. The molecule has 36 heavy (non-hydrogen) atoms. The number of carbonyl (C=O) groups is 1. The average molecular weight is 505 g/mol. The summed E-state index contributed by atoms with van der Waals surface area (Å²) in [6.07, 6.45) is 3.59. The second kappa shape index (κ2) is 13.3. The third-order valence-electron chi connectivity index (χ3n) is 7.03. The summed E-state index contributed by atoms with van der Waals surface area (Å²) >= 11 is 0. The Kier molecular flexibility index (Phi) is 10.2. The predicted molar refractivity (Wildman–Crippen MR) is 152 cm³/mol. The number of piperazine rings is 1. The second-order valence-corrected chi connectivity index (χ2v) is 9.36. The van der Waals surface area contributed by atoms with Crippen molar-refractivity contribution in [2.45, 2.75) is 46.1 Å². The molecule has 5 nitrogen and oxygen atoms in total. The van der Waals surface area contributed by atoms with Gasteiger partial charge in [-0.05, 0) is 50.4 Å². The molecule has 1 aliphatic heterocycles. The third-order valence-corrected chi connectivity index (χ3v) is 7.03. The van der Waals surface area contributed by atoms with E-state index in [2.05, 4.69) is 63.4 Å². The van der Waals surface area contributed by atoms with E-state index in [4.69, 9.17) is 6.57 Å². The second-order valence-electron chi connectivity index (χ2n) is 9.36. The van der Waals surface area contributed by atoms with Crippen LogP contribution in [0.3, 0.4) is 0 Å². The zero-order chi connectivity index (χ0) is 24.6. The molecule has 0 radical (unpaired) electrons. The zero-order valence-corrected chi connectivity index (χ0v) is 22.3. The van der Waals surface area contributed by atoms with Crippen LogP contribution in [-0.2, 0) is 6.54 Å². The lowest BCUT2D eigenvalue weighted by molar-refractivity contribution is 0.0977. The van der Waals surface area contributed by atoms with Crippen molar-refractivity contribution in [1.29, 1.82) is 0 Å². The first kappa shape index (κ1) is 27.5. The highest BCUT2D eigenvalue weighted by atomic mass is 35.5. The monoisotopic (exact) mass is 504 g/mol. The summed E-state index contributed by atoms with van der Waals surface area (Å²) in [6, 6.07) is 20.4. The minimum atomic E-state index is 0. The van der Waals surface area contributed by atoms with Gasteiger partial charge < -0.3 is 9.47 Å². The lowest BCUT2D eigenvalue weighted by Crippen LogP contribution is -2.46. The molecule has 2 heterocycles. The number of nitrogens with zero attached hydrogens (tertiary/aromatic N) is 4. The van der Waals surface area contributed by atoms with Crippen LogP contribution in [0.2, 0.25) is 0 Å². The smallest absolute Gasteiger partial charge is 0.209 e. The quantitative estimate of drug-likeness (QED) is 0.169. The molecule has 3 aromatic rings. The number of hydrogen-bond acceptors (Lipinski definition) is 3. The highest BCUT2D eigenvalue weighted by Crippen LogP contribution is 2.29. The van der Waals surface area contributed by atoms with E-state index in [0.29, 0.717) is 6.42 Å². The fraction of sp³-hybridized carbons (Fsp3) is 0.400. The summed E-state index contributed by atoms with van der Waals surface area (Å²) < 4.78 is 2.30. The molecule has 1 fully saturated rings. The summed E-state index contributed by atoms with van der Waals surface area (Å²) in [5.74, 6) is 0.259. The minimum Gasteiger partial charge on any atom is -0.378 e. The van der Waals surface area contributed by atoms with Gasteiger partial charge in [-0.3, -0.25) is 9.69 Å². The molecule has 1 saturated heterocycles. The van der Waals surface area contributed by atoms with E-state index in [1.165, 1.54) is 5.56 Å². The first-order valence-electron chi connectivity index (χ1n) is 12.8. The van der Waals surface area contributed by atoms with Crippen molar-refractivity contribution in [3.05, 3.63) is 83.3 Å². The van der Waals surface area contributed by atoms with Crippen LogP contribution in [0.15, 0.2) is 60.7 Å². The Labute approximate surface area is 222 Å². The van der Waals surface area contributed by atoms with Crippen LogP contribution in [0.25, 0.3) is 16.1 Å². The fourth-order valence-electron chi connectivity index (χ4n) is 5.08. The molecule has 1 aliphatic rings. The number of halogens is 1. The topological polar surface area (TPSA) is 32.8 Å². The number of unbranched alkanes of at least 4 members (excludes halogenated alkanes) is 1. The van der Waals surface area contributed by atoms with Gasteiger partial charge in [-0.2, -0.15) is 0 Å². The van der Waals surface area contributed by atoms with Crippen molar-refractivity contribution in [3.8, 4) is 11.3 Å². The van der Waals surface area contributed by atoms with E-state index in [0.717, 1.165) is 86.9 Å². The van der Waals surface area contributed by atoms with Crippen LogP contribution in [0.5, 0.6) is 0 Å². The maximum atomic E-state index is 13.1. The van der Waals surface area contributed by atoms with Gasteiger partial charge in [0.05, 0.1) is 6.57 Å². The summed E-state index contributed by atoms with van der Waals surface area (Å²) in [5.41, 5.74) is 6.06. The highest BCUT2D eigenvalue weighted by molar-refractivity contribution is 5.98.